The Hall–Kier alpha value is 0.911. The van der Waals surface area contributed by atoms with Crippen LogP contribution in [0.1, 0.15) is 26.2 Å². The van der Waals surface area contributed by atoms with Crippen LogP contribution in [0.15, 0.2) is 24.3 Å². The van der Waals surface area contributed by atoms with Crippen molar-refractivity contribution in [3.8, 4) is 0 Å². The zero-order valence-corrected chi connectivity index (χ0v) is 20.3. The first-order valence-electron chi connectivity index (χ1n) is 9.25. The molecule has 3 aliphatic rings. The normalized spacial score (nSPS) is 31.6. The molecule has 144 valence electrons. The zero-order valence-electron chi connectivity index (χ0n) is 16.2. The summed E-state index contributed by atoms with van der Waals surface area (Å²) in [6.07, 6.45) is 13.9. The van der Waals surface area contributed by atoms with Gasteiger partial charge in [0.15, 0.2) is 0 Å². The molecule has 2 nitrogen and oxygen atoms in total. The topological polar surface area (TPSA) is 17.3 Å². The molecule has 1 saturated heterocycles. The van der Waals surface area contributed by atoms with Crippen LogP contribution in [0.5, 0.6) is 0 Å². The van der Waals surface area contributed by atoms with Crippen LogP contribution >= 0.6 is 18.6 Å². The van der Waals surface area contributed by atoms with E-state index in [-0.39, 0.29) is 7.43 Å². The van der Waals surface area contributed by atoms with Gasteiger partial charge in [0.2, 0.25) is 0 Å². The molecule has 2 fully saturated rings. The van der Waals surface area contributed by atoms with Crippen molar-refractivity contribution in [2.75, 3.05) is 26.2 Å². The third-order valence-electron chi connectivity index (χ3n) is 6.23. The van der Waals surface area contributed by atoms with E-state index in [2.05, 4.69) is 54.2 Å². The number of piperazine rings is 1. The number of fused-ring (bicyclic) bond motifs is 1. The maximum absolute atomic E-state index is 4.89. The number of hydrogen-bond acceptors (Lipinski definition) is 1. The fourth-order valence-corrected chi connectivity index (χ4v) is 8.99. The molecule has 1 saturated carbocycles. The van der Waals surface area contributed by atoms with Crippen molar-refractivity contribution in [1.29, 1.82) is 0 Å². The molecule has 4 atom stereocenters. The zero-order chi connectivity index (χ0) is 17.6. The van der Waals surface area contributed by atoms with E-state index in [0.29, 0.717) is 0 Å². The van der Waals surface area contributed by atoms with Crippen LogP contribution in [0.4, 0.5) is 0 Å². The van der Waals surface area contributed by atoms with Crippen LogP contribution in [-0.2, 0) is 17.0 Å². The van der Waals surface area contributed by atoms with Crippen LogP contribution in [0.2, 0.25) is 18.6 Å². The molecule has 0 aromatic heterocycles. The molecule has 0 radical (unpaired) electrons. The summed E-state index contributed by atoms with van der Waals surface area (Å²) in [6, 6.07) is 0. The Kier molecular flexibility index (Phi) is 11.2. The van der Waals surface area contributed by atoms with Crippen LogP contribution < -0.4 is 0 Å². The van der Waals surface area contributed by atoms with Crippen molar-refractivity contribution >= 4 is 26.8 Å². The van der Waals surface area contributed by atoms with Crippen LogP contribution in [0, 0.1) is 25.2 Å². The molecule has 0 aromatic rings. The Balaban J connectivity index is 0.000000730. The fraction of sp³-hybridized carbons (Fsp3) is 0.737. The monoisotopic (exact) mass is 436 g/mol. The second-order valence-electron chi connectivity index (χ2n) is 7.70. The predicted octanol–water partition coefficient (Wildman–Crippen LogP) is 6.26. The van der Waals surface area contributed by atoms with Crippen molar-refractivity contribution in [2.45, 2.75) is 44.8 Å². The average molecular weight is 437 g/mol. The number of hydrogen-bond donors (Lipinski definition) is 0. The summed E-state index contributed by atoms with van der Waals surface area (Å²) in [5.74, 6) is 2.56. The number of halogens is 2. The molecular formula is C19H34Cl2N2SiTi-2. The maximum atomic E-state index is 4.89. The molecule has 0 amide bonds. The predicted molar refractivity (Wildman–Crippen MR) is 112 cm³/mol. The Morgan fingerprint density at radius 2 is 1.68 bits per heavy atom. The minimum absolute atomic E-state index is 0. The number of allylic oxidation sites excluding steroid dienone is 4. The molecule has 0 N–H and O–H groups in total. The summed E-state index contributed by atoms with van der Waals surface area (Å²) in [5, 5.41) is 4.55. The summed E-state index contributed by atoms with van der Waals surface area (Å²) in [4.78, 5) is 0. The summed E-state index contributed by atoms with van der Waals surface area (Å²) in [5.41, 5.74) is 0.929. The van der Waals surface area contributed by atoms with Gasteiger partial charge in [0.25, 0.3) is 0 Å². The third-order valence-corrected chi connectivity index (χ3v) is 10.7. The van der Waals surface area contributed by atoms with Gasteiger partial charge in [0.1, 0.15) is 8.24 Å². The first-order chi connectivity index (χ1) is 11.6. The molecule has 6 heteroatoms. The SMILES string of the molecule is CCC[C@H]1CC([Si](C)(C)N2CC[N-]CC2)C2C=CC=CC21.[CH3-].[Cl][Ti][Cl]. The minimum atomic E-state index is -1.36. The van der Waals surface area contributed by atoms with Gasteiger partial charge in [-0.3, -0.25) is 0 Å². The molecule has 1 heterocycles. The molecular weight excluding hydrogens is 403 g/mol. The summed E-state index contributed by atoms with van der Waals surface area (Å²) in [7, 11) is 8.42. The van der Waals surface area contributed by atoms with Crippen molar-refractivity contribution in [3.05, 3.63) is 37.0 Å². The van der Waals surface area contributed by atoms with Crippen molar-refractivity contribution in [1.82, 2.24) is 4.57 Å². The molecule has 3 rings (SSSR count). The van der Waals surface area contributed by atoms with Gasteiger partial charge in [-0.25, -0.2) is 0 Å². The van der Waals surface area contributed by atoms with Crippen LogP contribution in [0.25, 0.3) is 5.32 Å². The number of rotatable bonds is 4. The van der Waals surface area contributed by atoms with Gasteiger partial charge in [0.05, 0.1) is 0 Å². The van der Waals surface area contributed by atoms with E-state index in [1.165, 1.54) is 32.4 Å². The van der Waals surface area contributed by atoms with E-state index in [1.54, 1.807) is 0 Å². The first kappa shape index (κ1) is 23.9. The van der Waals surface area contributed by atoms with E-state index >= 15 is 0 Å². The van der Waals surface area contributed by atoms with Crippen molar-refractivity contribution in [2.24, 2.45) is 17.8 Å². The van der Waals surface area contributed by atoms with Gasteiger partial charge in [-0.2, -0.15) is 0 Å². The quantitative estimate of drug-likeness (QED) is 0.375. The third kappa shape index (κ3) is 5.94. The van der Waals surface area contributed by atoms with Gasteiger partial charge in [0, 0.05) is 0 Å². The van der Waals surface area contributed by atoms with Crippen LogP contribution in [0.3, 0.4) is 0 Å². The van der Waals surface area contributed by atoms with Crippen molar-refractivity contribution in [3.63, 3.8) is 0 Å². The Labute approximate surface area is 173 Å². The Morgan fingerprint density at radius 3 is 2.24 bits per heavy atom. The average Bonchev–Trinajstić information content (AvgIpc) is 2.97. The van der Waals surface area contributed by atoms with E-state index in [9.17, 15) is 0 Å². The molecule has 1 aliphatic heterocycles. The Morgan fingerprint density at radius 1 is 1.12 bits per heavy atom. The van der Waals surface area contributed by atoms with Crippen molar-refractivity contribution < 1.29 is 17.0 Å². The molecule has 2 aliphatic carbocycles. The van der Waals surface area contributed by atoms with E-state index in [1.807, 2.05) is 0 Å². The van der Waals surface area contributed by atoms with E-state index in [0.717, 1.165) is 36.4 Å². The van der Waals surface area contributed by atoms with Gasteiger partial charge in [-0.1, -0.05) is 57.2 Å². The Bertz CT molecular complexity index is 439. The summed E-state index contributed by atoms with van der Waals surface area (Å²) < 4.78 is 2.85. The summed E-state index contributed by atoms with van der Waals surface area (Å²) in [6.45, 7) is 12.1. The molecule has 3 unspecified atom stereocenters. The molecule has 0 spiro atoms. The van der Waals surface area contributed by atoms with Crippen LogP contribution in [-0.4, -0.2) is 39.0 Å². The van der Waals surface area contributed by atoms with Gasteiger partial charge in [-0.15, -0.1) is 13.1 Å². The fourth-order valence-electron chi connectivity index (χ4n) is 5.01. The number of nitrogens with zero attached hydrogens (tertiary/aromatic N) is 2. The van der Waals surface area contributed by atoms with E-state index < -0.39 is 25.3 Å². The second-order valence-corrected chi connectivity index (χ2v) is 15.0. The van der Waals surface area contributed by atoms with E-state index in [4.69, 9.17) is 18.6 Å². The molecule has 25 heavy (non-hydrogen) atoms. The summed E-state index contributed by atoms with van der Waals surface area (Å²) >= 11 is -0.556. The van der Waals surface area contributed by atoms with Gasteiger partial charge >= 0.3 is 35.6 Å². The molecule has 0 aromatic carbocycles. The second kappa shape index (κ2) is 11.7. The van der Waals surface area contributed by atoms with Gasteiger partial charge < -0.3 is 17.3 Å². The van der Waals surface area contributed by atoms with Gasteiger partial charge in [-0.05, 0) is 42.8 Å². The standard InChI is InChI=1S/C18H31N2Si.CH3.2ClH.Ti/c1-4-7-15-14-18(17-9-6-5-8-16(15)17)21(2,3)20-12-10-19-11-13-20;;;;/h5-6,8-9,15-18H,4,7,10-14H2,1-3H3;1H3;2*1H;/q2*-1;;;+2/p-2/t15-,16?,17?,18?;;;;/m0..../s1. The first-order valence-corrected chi connectivity index (χ1v) is 16.6. The molecule has 0 bridgehead atoms.